The first kappa shape index (κ1) is 18.4. The molecule has 0 bridgehead atoms. The number of fused-ring (bicyclic) bond motifs is 1. The number of aromatic nitrogens is 2. The molecule has 0 spiro atoms. The van der Waals surface area contributed by atoms with Crippen LogP contribution >= 0.6 is 11.6 Å². The highest BCUT2D eigenvalue weighted by molar-refractivity contribution is 6.32. The van der Waals surface area contributed by atoms with Gasteiger partial charge in [0.1, 0.15) is 5.82 Å². The van der Waals surface area contributed by atoms with Crippen molar-refractivity contribution in [3.63, 3.8) is 0 Å². The smallest absolute Gasteiger partial charge is 0.226 e. The second-order valence-corrected chi connectivity index (χ2v) is 6.84. The average molecular weight is 398 g/mol. The fraction of sp³-hybridized carbons (Fsp3) is 0.238. The average Bonchev–Trinajstić information content (AvgIpc) is 3.11. The van der Waals surface area contributed by atoms with Gasteiger partial charge in [0, 0.05) is 23.5 Å². The van der Waals surface area contributed by atoms with E-state index in [-0.39, 0.29) is 11.8 Å². The first-order chi connectivity index (χ1) is 13.6. The van der Waals surface area contributed by atoms with E-state index in [0.717, 1.165) is 11.1 Å². The van der Waals surface area contributed by atoms with E-state index < -0.39 is 0 Å². The van der Waals surface area contributed by atoms with E-state index in [1.165, 1.54) is 0 Å². The zero-order chi connectivity index (χ0) is 19.7. The minimum absolute atomic E-state index is 0.0865. The van der Waals surface area contributed by atoms with Crippen molar-refractivity contribution in [2.75, 3.05) is 19.0 Å². The molecule has 3 aromatic rings. The number of carbonyl (C=O) groups excluding carboxylic acids is 1. The fourth-order valence-corrected chi connectivity index (χ4v) is 3.79. The van der Waals surface area contributed by atoms with Gasteiger partial charge in [-0.1, -0.05) is 35.9 Å². The number of rotatable bonds is 5. The second-order valence-electron chi connectivity index (χ2n) is 6.43. The van der Waals surface area contributed by atoms with Gasteiger partial charge in [-0.15, -0.1) is 0 Å². The molecule has 28 heavy (non-hydrogen) atoms. The number of nitrogens with one attached hydrogen (secondary N) is 1. The largest absolute Gasteiger partial charge is 0.493 e. The minimum Gasteiger partial charge on any atom is -0.493 e. The summed E-state index contributed by atoms with van der Waals surface area (Å²) in [4.78, 5) is 12.5. The van der Waals surface area contributed by atoms with E-state index in [0.29, 0.717) is 41.1 Å². The zero-order valence-electron chi connectivity index (χ0n) is 15.6. The lowest BCUT2D eigenvalue weighted by atomic mass is 9.86. The molecule has 1 aliphatic rings. The molecule has 0 saturated carbocycles. The maximum absolute atomic E-state index is 12.5. The molecule has 7 heteroatoms. The first-order valence-corrected chi connectivity index (χ1v) is 9.44. The predicted molar refractivity (Wildman–Crippen MR) is 108 cm³/mol. The predicted octanol–water partition coefficient (Wildman–Crippen LogP) is 4.41. The summed E-state index contributed by atoms with van der Waals surface area (Å²) in [5, 5.41) is 8.00. The third-order valence-electron chi connectivity index (χ3n) is 4.79. The van der Waals surface area contributed by atoms with E-state index in [9.17, 15) is 4.79 Å². The number of methoxy groups -OCH3 is 1. The summed E-state index contributed by atoms with van der Waals surface area (Å²) >= 11 is 6.34. The number of nitrogens with zero attached hydrogens (tertiary/aromatic N) is 2. The monoisotopic (exact) mass is 397 g/mol. The van der Waals surface area contributed by atoms with Crippen LogP contribution in [0.5, 0.6) is 11.5 Å². The van der Waals surface area contributed by atoms with Crippen LogP contribution in [0, 0.1) is 0 Å². The molecule has 2 aromatic carbocycles. The van der Waals surface area contributed by atoms with Crippen LogP contribution in [0.1, 0.15) is 30.4 Å². The third-order valence-corrected chi connectivity index (χ3v) is 5.11. The molecular weight excluding hydrogens is 378 g/mol. The van der Waals surface area contributed by atoms with Crippen molar-refractivity contribution >= 4 is 23.3 Å². The summed E-state index contributed by atoms with van der Waals surface area (Å²) in [6.07, 6.45) is 2.08. The molecule has 1 amide bonds. The van der Waals surface area contributed by atoms with Gasteiger partial charge in [0.25, 0.3) is 0 Å². The van der Waals surface area contributed by atoms with Crippen molar-refractivity contribution in [3.05, 3.63) is 64.8 Å². The number of anilines is 1. The second kappa shape index (κ2) is 7.56. The Balaban J connectivity index is 1.86. The Morgan fingerprint density at radius 3 is 2.79 bits per heavy atom. The van der Waals surface area contributed by atoms with Gasteiger partial charge < -0.3 is 14.8 Å². The van der Waals surface area contributed by atoms with Crippen LogP contribution in [-0.4, -0.2) is 29.4 Å². The molecule has 0 fully saturated rings. The van der Waals surface area contributed by atoms with Crippen LogP contribution in [0.3, 0.4) is 0 Å². The van der Waals surface area contributed by atoms with Crippen molar-refractivity contribution in [1.82, 2.24) is 9.78 Å². The topological polar surface area (TPSA) is 65.4 Å². The Labute approximate surface area is 168 Å². The molecule has 144 valence electrons. The van der Waals surface area contributed by atoms with E-state index in [1.54, 1.807) is 24.1 Å². The standard InChI is InChI=1S/C21H20ClN3O3/c1-3-28-20-13(7-6-10-18(20)27-2)14-11-19(26)24-21-15(14)12-23-25(21)17-9-5-4-8-16(17)22/h4-10,12,14H,3,11H2,1-2H3,(H,24,26). The van der Waals surface area contributed by atoms with Crippen LogP contribution in [0.2, 0.25) is 5.02 Å². The van der Waals surface area contributed by atoms with Gasteiger partial charge in [-0.25, -0.2) is 4.68 Å². The Bertz CT molecular complexity index is 1030. The third kappa shape index (κ3) is 3.10. The number of carbonyl (C=O) groups is 1. The lowest BCUT2D eigenvalue weighted by molar-refractivity contribution is -0.116. The van der Waals surface area contributed by atoms with Gasteiger partial charge in [0.2, 0.25) is 5.91 Å². The number of amides is 1. The molecule has 0 saturated heterocycles. The van der Waals surface area contributed by atoms with Gasteiger partial charge in [-0.3, -0.25) is 4.79 Å². The highest BCUT2D eigenvalue weighted by Gasteiger charge is 2.33. The number of halogens is 1. The summed E-state index contributed by atoms with van der Waals surface area (Å²) in [5.74, 6) is 1.64. The molecule has 4 rings (SSSR count). The maximum Gasteiger partial charge on any atom is 0.226 e. The number of benzene rings is 2. The summed E-state index contributed by atoms with van der Waals surface area (Å²) < 4.78 is 13.0. The van der Waals surface area contributed by atoms with E-state index in [4.69, 9.17) is 21.1 Å². The van der Waals surface area contributed by atoms with Gasteiger partial charge >= 0.3 is 0 Å². The van der Waals surface area contributed by atoms with Crippen LogP contribution in [-0.2, 0) is 4.79 Å². The minimum atomic E-state index is -0.198. The molecule has 2 heterocycles. The number of hydrogen-bond donors (Lipinski definition) is 1. The van der Waals surface area contributed by atoms with Gasteiger partial charge in [0.15, 0.2) is 11.5 Å². The van der Waals surface area contributed by atoms with Crippen molar-refractivity contribution < 1.29 is 14.3 Å². The maximum atomic E-state index is 12.5. The number of hydrogen-bond acceptors (Lipinski definition) is 4. The fourth-order valence-electron chi connectivity index (χ4n) is 3.57. The Hall–Kier alpha value is -2.99. The molecule has 0 aliphatic carbocycles. The van der Waals surface area contributed by atoms with Crippen LogP contribution in [0.4, 0.5) is 5.82 Å². The summed E-state index contributed by atoms with van der Waals surface area (Å²) in [5.41, 5.74) is 2.52. The van der Waals surface area contributed by atoms with Crippen LogP contribution in [0.25, 0.3) is 5.69 Å². The van der Waals surface area contributed by atoms with Crippen LogP contribution in [0.15, 0.2) is 48.7 Å². The molecule has 1 atom stereocenters. The lowest BCUT2D eigenvalue weighted by Gasteiger charge is -2.26. The Kier molecular flexibility index (Phi) is 4.96. The van der Waals surface area contributed by atoms with Crippen LogP contribution < -0.4 is 14.8 Å². The molecule has 1 aromatic heterocycles. The van der Waals surface area contributed by atoms with Crippen molar-refractivity contribution in [3.8, 4) is 17.2 Å². The molecular formula is C21H20ClN3O3. The SMILES string of the molecule is CCOc1c(OC)cccc1C1CC(=O)Nc2c1cnn2-c1ccccc1Cl. The van der Waals surface area contributed by atoms with E-state index in [2.05, 4.69) is 10.4 Å². The van der Waals surface area contributed by atoms with Crippen molar-refractivity contribution in [1.29, 1.82) is 0 Å². The summed E-state index contributed by atoms with van der Waals surface area (Å²) in [6.45, 7) is 2.42. The molecule has 1 N–H and O–H groups in total. The molecule has 1 unspecified atom stereocenters. The zero-order valence-corrected chi connectivity index (χ0v) is 16.4. The van der Waals surface area contributed by atoms with Gasteiger partial charge in [-0.2, -0.15) is 5.10 Å². The first-order valence-electron chi connectivity index (χ1n) is 9.06. The highest BCUT2D eigenvalue weighted by atomic mass is 35.5. The van der Waals surface area contributed by atoms with Gasteiger partial charge in [-0.05, 0) is 25.1 Å². The van der Waals surface area contributed by atoms with E-state index >= 15 is 0 Å². The summed E-state index contributed by atoms with van der Waals surface area (Å²) in [6, 6.07) is 13.1. The molecule has 6 nitrogen and oxygen atoms in total. The van der Waals surface area contributed by atoms with Crippen molar-refractivity contribution in [2.45, 2.75) is 19.3 Å². The number of para-hydroxylation sites is 2. The summed E-state index contributed by atoms with van der Waals surface area (Å²) in [7, 11) is 1.61. The quantitative estimate of drug-likeness (QED) is 0.692. The van der Waals surface area contributed by atoms with E-state index in [1.807, 2.05) is 43.3 Å². The van der Waals surface area contributed by atoms with Crippen molar-refractivity contribution in [2.24, 2.45) is 0 Å². The Morgan fingerprint density at radius 1 is 1.21 bits per heavy atom. The molecule has 0 radical (unpaired) electrons. The molecule has 1 aliphatic heterocycles. The normalized spacial score (nSPS) is 15.7. The van der Waals surface area contributed by atoms with Gasteiger partial charge in [0.05, 0.1) is 30.6 Å². The number of ether oxygens (including phenoxy) is 2. The lowest BCUT2D eigenvalue weighted by Crippen LogP contribution is -2.25. The Morgan fingerprint density at radius 2 is 2.04 bits per heavy atom. The highest BCUT2D eigenvalue weighted by Crippen LogP contribution is 2.44.